The van der Waals surface area contributed by atoms with Crippen LogP contribution in [0.4, 0.5) is 0 Å². The Balaban J connectivity index is 2.68. The van der Waals surface area contributed by atoms with Gasteiger partial charge in [-0.15, -0.1) is 0 Å². The standard InChI is InChI=1S/C4H12N2O/c1-2-3-6-4(5)7/h4,6-7H,2-3,5H2,1H3/t4-/m0/s1. The van der Waals surface area contributed by atoms with Crippen molar-refractivity contribution in [2.45, 2.75) is 19.7 Å². The van der Waals surface area contributed by atoms with Crippen molar-refractivity contribution in [1.29, 1.82) is 0 Å². The van der Waals surface area contributed by atoms with Crippen molar-refractivity contribution in [3.8, 4) is 0 Å². The van der Waals surface area contributed by atoms with Crippen molar-refractivity contribution in [2.24, 2.45) is 5.73 Å². The summed E-state index contributed by atoms with van der Waals surface area (Å²) in [5.74, 6) is 0. The van der Waals surface area contributed by atoms with E-state index in [0.717, 1.165) is 13.0 Å². The Kier molecular flexibility index (Phi) is 3.98. The monoisotopic (exact) mass is 104 g/mol. The SMILES string of the molecule is CCCN[C@H](N)O. The fourth-order valence-corrected chi connectivity index (χ4v) is 0.292. The lowest BCUT2D eigenvalue weighted by molar-refractivity contribution is 0.145. The molecular weight excluding hydrogens is 92.1 g/mol. The van der Waals surface area contributed by atoms with E-state index in [-0.39, 0.29) is 0 Å². The van der Waals surface area contributed by atoms with Gasteiger partial charge in [-0.25, -0.2) is 0 Å². The molecule has 0 aromatic heterocycles. The molecule has 0 aliphatic rings. The highest BCUT2D eigenvalue weighted by molar-refractivity contribution is 4.39. The van der Waals surface area contributed by atoms with Crippen LogP contribution in [0.3, 0.4) is 0 Å². The molecule has 0 saturated carbocycles. The summed E-state index contributed by atoms with van der Waals surface area (Å²) in [4.78, 5) is 0. The van der Waals surface area contributed by atoms with Crippen molar-refractivity contribution >= 4 is 0 Å². The zero-order valence-electron chi connectivity index (χ0n) is 4.52. The van der Waals surface area contributed by atoms with E-state index in [9.17, 15) is 0 Å². The molecule has 0 aromatic carbocycles. The fraction of sp³-hybridized carbons (Fsp3) is 1.00. The highest BCUT2D eigenvalue weighted by Crippen LogP contribution is 1.67. The van der Waals surface area contributed by atoms with Crippen molar-refractivity contribution in [2.75, 3.05) is 6.54 Å². The van der Waals surface area contributed by atoms with E-state index in [4.69, 9.17) is 10.8 Å². The van der Waals surface area contributed by atoms with Crippen molar-refractivity contribution in [3.63, 3.8) is 0 Å². The Morgan fingerprint density at radius 2 is 2.43 bits per heavy atom. The smallest absolute Gasteiger partial charge is 0.157 e. The van der Waals surface area contributed by atoms with Gasteiger partial charge >= 0.3 is 0 Å². The third-order valence-electron chi connectivity index (χ3n) is 0.603. The van der Waals surface area contributed by atoms with Crippen LogP contribution in [0, 0.1) is 0 Å². The third kappa shape index (κ3) is 5.88. The maximum atomic E-state index is 8.35. The average Bonchev–Trinajstić information content (AvgIpc) is 1.61. The Morgan fingerprint density at radius 3 is 2.57 bits per heavy atom. The summed E-state index contributed by atoms with van der Waals surface area (Å²) >= 11 is 0. The summed E-state index contributed by atoms with van der Waals surface area (Å²) < 4.78 is 0. The molecule has 3 nitrogen and oxygen atoms in total. The van der Waals surface area contributed by atoms with Crippen molar-refractivity contribution in [3.05, 3.63) is 0 Å². The molecule has 0 heterocycles. The van der Waals surface area contributed by atoms with Gasteiger partial charge in [0.1, 0.15) is 0 Å². The normalized spacial score (nSPS) is 14.1. The van der Waals surface area contributed by atoms with Crippen LogP contribution >= 0.6 is 0 Å². The van der Waals surface area contributed by atoms with E-state index in [1.807, 2.05) is 6.92 Å². The van der Waals surface area contributed by atoms with Crippen LogP contribution < -0.4 is 11.1 Å². The summed E-state index contributed by atoms with van der Waals surface area (Å²) in [6.07, 6.45) is 0.147. The van der Waals surface area contributed by atoms with Gasteiger partial charge in [0.15, 0.2) is 6.35 Å². The number of aliphatic hydroxyl groups excluding tert-OH is 1. The maximum absolute atomic E-state index is 8.35. The largest absolute Gasteiger partial charge is 0.366 e. The lowest BCUT2D eigenvalue weighted by Gasteiger charge is -2.02. The lowest BCUT2D eigenvalue weighted by Crippen LogP contribution is -2.37. The molecule has 0 unspecified atom stereocenters. The number of rotatable bonds is 3. The second kappa shape index (κ2) is 4.05. The van der Waals surface area contributed by atoms with Crippen LogP contribution in [0.1, 0.15) is 13.3 Å². The molecule has 0 saturated heterocycles. The molecule has 0 aliphatic heterocycles. The van der Waals surface area contributed by atoms with Crippen LogP contribution in [-0.2, 0) is 0 Å². The predicted octanol–water partition coefficient (Wildman–Crippen LogP) is -0.779. The predicted molar refractivity (Wildman–Crippen MR) is 28.5 cm³/mol. The van der Waals surface area contributed by atoms with Gasteiger partial charge in [-0.2, -0.15) is 0 Å². The van der Waals surface area contributed by atoms with E-state index in [1.54, 1.807) is 0 Å². The van der Waals surface area contributed by atoms with Gasteiger partial charge in [0.25, 0.3) is 0 Å². The molecule has 7 heavy (non-hydrogen) atoms. The minimum atomic E-state index is -0.847. The van der Waals surface area contributed by atoms with E-state index in [1.165, 1.54) is 0 Å². The molecule has 0 bridgehead atoms. The Labute approximate surface area is 43.5 Å². The van der Waals surface area contributed by atoms with Crippen LogP contribution in [0.5, 0.6) is 0 Å². The molecule has 3 heteroatoms. The first-order valence-corrected chi connectivity index (χ1v) is 2.44. The van der Waals surface area contributed by atoms with Gasteiger partial charge in [0.05, 0.1) is 0 Å². The highest BCUT2D eigenvalue weighted by Gasteiger charge is 1.86. The van der Waals surface area contributed by atoms with Crippen molar-refractivity contribution < 1.29 is 5.11 Å². The molecular formula is C4H12N2O. The second-order valence-corrected chi connectivity index (χ2v) is 1.40. The number of hydrogen-bond donors (Lipinski definition) is 3. The Hall–Kier alpha value is -0.120. The quantitative estimate of drug-likeness (QED) is 0.412. The van der Waals surface area contributed by atoms with Crippen molar-refractivity contribution in [1.82, 2.24) is 5.32 Å². The van der Waals surface area contributed by atoms with E-state index < -0.39 is 6.35 Å². The zero-order chi connectivity index (χ0) is 5.70. The number of aliphatic hydroxyl groups is 1. The molecule has 1 atom stereocenters. The molecule has 4 N–H and O–H groups in total. The summed E-state index contributed by atoms with van der Waals surface area (Å²) in [5, 5.41) is 11.0. The Morgan fingerprint density at radius 1 is 1.86 bits per heavy atom. The number of hydrogen-bond acceptors (Lipinski definition) is 3. The van der Waals surface area contributed by atoms with Gasteiger partial charge < -0.3 is 5.11 Å². The first-order chi connectivity index (χ1) is 3.27. The first kappa shape index (κ1) is 6.88. The zero-order valence-corrected chi connectivity index (χ0v) is 4.52. The van der Waals surface area contributed by atoms with Gasteiger partial charge in [-0.05, 0) is 13.0 Å². The molecule has 44 valence electrons. The minimum Gasteiger partial charge on any atom is -0.366 e. The molecule has 0 aliphatic carbocycles. The summed E-state index contributed by atoms with van der Waals surface area (Å²) in [7, 11) is 0. The number of nitrogens with two attached hydrogens (primary N) is 1. The lowest BCUT2D eigenvalue weighted by atomic mass is 10.5. The molecule has 0 amide bonds. The average molecular weight is 104 g/mol. The van der Waals surface area contributed by atoms with Crippen LogP contribution in [0.25, 0.3) is 0 Å². The highest BCUT2D eigenvalue weighted by atomic mass is 16.3. The van der Waals surface area contributed by atoms with E-state index in [0.29, 0.717) is 0 Å². The fourth-order valence-electron chi connectivity index (χ4n) is 0.292. The van der Waals surface area contributed by atoms with E-state index >= 15 is 0 Å². The Bertz CT molecular complexity index is 38.7. The summed E-state index contributed by atoms with van der Waals surface area (Å²) in [6, 6.07) is 0. The number of nitrogens with one attached hydrogen (secondary N) is 1. The first-order valence-electron chi connectivity index (χ1n) is 2.44. The molecule has 0 fully saturated rings. The topological polar surface area (TPSA) is 58.3 Å². The van der Waals surface area contributed by atoms with Gasteiger partial charge in [-0.1, -0.05) is 6.92 Å². The molecule has 0 radical (unpaired) electrons. The van der Waals surface area contributed by atoms with E-state index in [2.05, 4.69) is 5.32 Å². The minimum absolute atomic E-state index is 0.775. The van der Waals surface area contributed by atoms with Gasteiger partial charge in [-0.3, -0.25) is 11.1 Å². The molecule has 0 rings (SSSR count). The molecule has 0 aromatic rings. The van der Waals surface area contributed by atoms with Crippen LogP contribution in [0.2, 0.25) is 0 Å². The van der Waals surface area contributed by atoms with Gasteiger partial charge in [0, 0.05) is 0 Å². The van der Waals surface area contributed by atoms with Crippen LogP contribution in [-0.4, -0.2) is 18.0 Å². The third-order valence-corrected chi connectivity index (χ3v) is 0.603. The van der Waals surface area contributed by atoms with Gasteiger partial charge in [0.2, 0.25) is 0 Å². The van der Waals surface area contributed by atoms with Crippen LogP contribution in [0.15, 0.2) is 0 Å². The summed E-state index contributed by atoms with van der Waals surface area (Å²) in [6.45, 7) is 2.78. The second-order valence-electron chi connectivity index (χ2n) is 1.40. The summed E-state index contributed by atoms with van der Waals surface area (Å²) in [5.41, 5.74) is 4.92. The molecule has 0 spiro atoms. The maximum Gasteiger partial charge on any atom is 0.157 e.